The average molecular weight is 345 g/mol. The summed E-state index contributed by atoms with van der Waals surface area (Å²) < 4.78 is 14.9. The normalized spacial score (nSPS) is 17.4. The SMILES string of the molecule is CNC(=O)Cn1cc(NC2CCCN(c3cccc(F)c3)C2=O)cn1. The maximum absolute atomic E-state index is 13.4. The maximum atomic E-state index is 13.4. The number of carbonyl (C=O) groups excluding carboxylic acids is 2. The fourth-order valence-corrected chi connectivity index (χ4v) is 2.86. The molecule has 8 heteroatoms. The molecule has 25 heavy (non-hydrogen) atoms. The van der Waals surface area contributed by atoms with Gasteiger partial charge in [0.25, 0.3) is 0 Å². The molecule has 132 valence electrons. The fourth-order valence-electron chi connectivity index (χ4n) is 2.86. The Bertz CT molecular complexity index is 776. The molecule has 2 N–H and O–H groups in total. The second-order valence-corrected chi connectivity index (χ2v) is 5.91. The van der Waals surface area contributed by atoms with Gasteiger partial charge in [0.2, 0.25) is 11.8 Å². The van der Waals surface area contributed by atoms with E-state index in [-0.39, 0.29) is 24.2 Å². The number of hydrogen-bond donors (Lipinski definition) is 2. The third-order valence-corrected chi connectivity index (χ3v) is 4.12. The van der Waals surface area contributed by atoms with Crippen LogP contribution >= 0.6 is 0 Å². The average Bonchev–Trinajstić information content (AvgIpc) is 3.03. The summed E-state index contributed by atoms with van der Waals surface area (Å²) in [5.74, 6) is -0.618. The number of aromatic nitrogens is 2. The van der Waals surface area contributed by atoms with Crippen LogP contribution in [0.5, 0.6) is 0 Å². The Kier molecular flexibility index (Phi) is 4.97. The Morgan fingerprint density at radius 1 is 1.44 bits per heavy atom. The molecule has 0 aliphatic carbocycles. The van der Waals surface area contributed by atoms with Crippen molar-refractivity contribution in [2.75, 3.05) is 23.8 Å². The first-order valence-corrected chi connectivity index (χ1v) is 8.13. The van der Waals surface area contributed by atoms with Crippen LogP contribution in [0.3, 0.4) is 0 Å². The van der Waals surface area contributed by atoms with E-state index in [9.17, 15) is 14.0 Å². The Labute approximate surface area is 144 Å². The van der Waals surface area contributed by atoms with E-state index in [4.69, 9.17) is 0 Å². The second-order valence-electron chi connectivity index (χ2n) is 5.91. The summed E-state index contributed by atoms with van der Waals surface area (Å²) in [5.41, 5.74) is 1.23. The lowest BCUT2D eigenvalue weighted by atomic mass is 10.0. The quantitative estimate of drug-likeness (QED) is 0.858. The molecule has 1 aromatic heterocycles. The minimum atomic E-state index is -0.408. The van der Waals surface area contributed by atoms with Gasteiger partial charge in [0.05, 0.1) is 11.9 Å². The van der Waals surface area contributed by atoms with Crippen molar-refractivity contribution in [1.29, 1.82) is 0 Å². The smallest absolute Gasteiger partial charge is 0.249 e. The van der Waals surface area contributed by atoms with E-state index in [1.807, 2.05) is 0 Å². The minimum absolute atomic E-state index is 0.101. The standard InChI is InChI=1S/C17H20FN5O2/c1-19-16(24)11-22-10-13(9-20-22)21-15-6-3-7-23(17(15)25)14-5-2-4-12(18)8-14/h2,4-5,8-10,15,21H,3,6-7,11H2,1H3,(H,19,24). The zero-order valence-corrected chi connectivity index (χ0v) is 13.9. The van der Waals surface area contributed by atoms with Crippen LogP contribution in [0.2, 0.25) is 0 Å². The van der Waals surface area contributed by atoms with Crippen molar-refractivity contribution in [3.63, 3.8) is 0 Å². The molecule has 1 fully saturated rings. The molecule has 0 saturated carbocycles. The first-order chi connectivity index (χ1) is 12.1. The minimum Gasteiger partial charge on any atom is -0.371 e. The highest BCUT2D eigenvalue weighted by Gasteiger charge is 2.30. The van der Waals surface area contributed by atoms with Gasteiger partial charge in [0.15, 0.2) is 0 Å². The molecule has 1 aromatic carbocycles. The van der Waals surface area contributed by atoms with E-state index in [2.05, 4.69) is 15.7 Å². The highest BCUT2D eigenvalue weighted by atomic mass is 19.1. The zero-order chi connectivity index (χ0) is 17.8. The van der Waals surface area contributed by atoms with Crippen LogP contribution in [0.1, 0.15) is 12.8 Å². The van der Waals surface area contributed by atoms with Gasteiger partial charge >= 0.3 is 0 Å². The number of nitrogens with one attached hydrogen (secondary N) is 2. The second kappa shape index (κ2) is 7.33. The Morgan fingerprint density at radius 3 is 3.04 bits per heavy atom. The van der Waals surface area contributed by atoms with E-state index < -0.39 is 6.04 Å². The van der Waals surface area contributed by atoms with Crippen LogP contribution in [-0.4, -0.2) is 41.2 Å². The van der Waals surface area contributed by atoms with Gasteiger partial charge in [0, 0.05) is 25.5 Å². The van der Waals surface area contributed by atoms with Gasteiger partial charge in [-0.15, -0.1) is 0 Å². The summed E-state index contributed by atoms with van der Waals surface area (Å²) in [6.07, 6.45) is 4.76. The number of hydrogen-bond acceptors (Lipinski definition) is 4. The predicted molar refractivity (Wildman–Crippen MR) is 91.7 cm³/mol. The molecular weight excluding hydrogens is 325 g/mol. The Morgan fingerprint density at radius 2 is 2.28 bits per heavy atom. The predicted octanol–water partition coefficient (Wildman–Crippen LogP) is 1.38. The first-order valence-electron chi connectivity index (χ1n) is 8.13. The van der Waals surface area contributed by atoms with Gasteiger partial charge in [-0.3, -0.25) is 14.3 Å². The number of amides is 2. The summed E-state index contributed by atoms with van der Waals surface area (Å²) in [6, 6.07) is 5.63. The number of halogens is 1. The van der Waals surface area contributed by atoms with Crippen LogP contribution in [0.25, 0.3) is 0 Å². The fraction of sp³-hybridized carbons (Fsp3) is 0.353. The van der Waals surface area contributed by atoms with Gasteiger partial charge in [-0.05, 0) is 31.0 Å². The Hall–Kier alpha value is -2.90. The van der Waals surface area contributed by atoms with E-state index in [0.717, 1.165) is 6.42 Å². The zero-order valence-electron chi connectivity index (χ0n) is 13.9. The van der Waals surface area contributed by atoms with E-state index >= 15 is 0 Å². The highest BCUT2D eigenvalue weighted by Crippen LogP contribution is 2.23. The summed E-state index contributed by atoms with van der Waals surface area (Å²) in [4.78, 5) is 25.7. The molecule has 3 rings (SSSR count). The summed E-state index contributed by atoms with van der Waals surface area (Å²) in [7, 11) is 1.56. The molecule has 1 unspecified atom stereocenters. The van der Waals surface area contributed by atoms with Gasteiger partial charge in [-0.25, -0.2) is 4.39 Å². The van der Waals surface area contributed by atoms with Gasteiger partial charge in [0.1, 0.15) is 18.4 Å². The lowest BCUT2D eigenvalue weighted by Gasteiger charge is -2.32. The summed E-state index contributed by atoms with van der Waals surface area (Å²) in [6.45, 7) is 0.683. The van der Waals surface area contributed by atoms with E-state index in [0.29, 0.717) is 24.3 Å². The van der Waals surface area contributed by atoms with Gasteiger partial charge < -0.3 is 15.5 Å². The lowest BCUT2D eigenvalue weighted by molar-refractivity contribution is -0.121. The van der Waals surface area contributed by atoms with Gasteiger partial charge in [-0.1, -0.05) is 6.07 Å². The van der Waals surface area contributed by atoms with Crippen LogP contribution in [0.4, 0.5) is 15.8 Å². The number of rotatable bonds is 5. The number of likely N-dealkylation sites (N-methyl/N-ethyl adjacent to an activating group) is 1. The number of nitrogens with zero attached hydrogens (tertiary/aromatic N) is 3. The Balaban J connectivity index is 1.68. The van der Waals surface area contributed by atoms with Crippen molar-refractivity contribution < 1.29 is 14.0 Å². The van der Waals surface area contributed by atoms with Crippen molar-refractivity contribution in [3.8, 4) is 0 Å². The third-order valence-electron chi connectivity index (χ3n) is 4.12. The van der Waals surface area contributed by atoms with Crippen molar-refractivity contribution in [2.24, 2.45) is 0 Å². The number of carbonyl (C=O) groups is 2. The van der Waals surface area contributed by atoms with Crippen molar-refractivity contribution in [2.45, 2.75) is 25.4 Å². The largest absolute Gasteiger partial charge is 0.371 e. The molecule has 0 radical (unpaired) electrons. The molecule has 0 spiro atoms. The van der Waals surface area contributed by atoms with E-state index in [1.54, 1.807) is 36.5 Å². The first kappa shape index (κ1) is 16.9. The maximum Gasteiger partial charge on any atom is 0.249 e. The highest BCUT2D eigenvalue weighted by molar-refractivity contribution is 5.99. The van der Waals surface area contributed by atoms with Crippen molar-refractivity contribution in [3.05, 3.63) is 42.5 Å². The molecule has 0 bridgehead atoms. The molecule has 2 amide bonds. The molecule has 1 saturated heterocycles. The number of anilines is 2. The molecule has 7 nitrogen and oxygen atoms in total. The monoisotopic (exact) mass is 345 g/mol. The van der Waals surface area contributed by atoms with Crippen LogP contribution in [-0.2, 0) is 16.1 Å². The van der Waals surface area contributed by atoms with Crippen LogP contribution in [0.15, 0.2) is 36.7 Å². The van der Waals surface area contributed by atoms with E-state index in [1.165, 1.54) is 16.8 Å². The lowest BCUT2D eigenvalue weighted by Crippen LogP contribution is -2.47. The van der Waals surface area contributed by atoms with Crippen molar-refractivity contribution in [1.82, 2.24) is 15.1 Å². The molecule has 1 aliphatic rings. The summed E-state index contributed by atoms with van der Waals surface area (Å²) in [5, 5.41) is 9.79. The molecule has 1 aliphatic heterocycles. The number of benzene rings is 1. The number of piperidine rings is 1. The molecule has 1 atom stereocenters. The topological polar surface area (TPSA) is 79.3 Å². The molecule has 2 heterocycles. The molecule has 2 aromatic rings. The molecular formula is C17H20FN5O2. The van der Waals surface area contributed by atoms with Gasteiger partial charge in [-0.2, -0.15) is 5.10 Å². The van der Waals surface area contributed by atoms with Crippen LogP contribution < -0.4 is 15.5 Å². The third kappa shape index (κ3) is 3.96. The van der Waals surface area contributed by atoms with Crippen LogP contribution in [0, 0.1) is 5.82 Å². The van der Waals surface area contributed by atoms with Crippen molar-refractivity contribution >= 4 is 23.2 Å². The summed E-state index contributed by atoms with van der Waals surface area (Å²) >= 11 is 0.